The summed E-state index contributed by atoms with van der Waals surface area (Å²) < 4.78 is 5.02. The minimum Gasteiger partial charge on any atom is -0.455 e. The molecule has 0 unspecified atom stereocenters. The van der Waals surface area contributed by atoms with Gasteiger partial charge >= 0.3 is 5.97 Å². The molecule has 0 bridgehead atoms. The normalized spacial score (nSPS) is 15.7. The molecule has 1 N–H and O–H groups in total. The van der Waals surface area contributed by atoms with Gasteiger partial charge in [-0.25, -0.2) is 0 Å². The van der Waals surface area contributed by atoms with E-state index in [9.17, 15) is 24.5 Å². The van der Waals surface area contributed by atoms with Gasteiger partial charge < -0.3 is 15.0 Å². The van der Waals surface area contributed by atoms with E-state index < -0.39 is 29.3 Å². The van der Waals surface area contributed by atoms with Gasteiger partial charge in [0.2, 0.25) is 5.91 Å². The Morgan fingerprint density at radius 1 is 1.13 bits per heavy atom. The number of nitrogens with zero attached hydrogens (tertiary/aromatic N) is 2. The number of rotatable bonds is 8. The summed E-state index contributed by atoms with van der Waals surface area (Å²) in [6.45, 7) is 0.167. The Morgan fingerprint density at radius 3 is 2.57 bits per heavy atom. The highest BCUT2D eigenvalue weighted by atomic mass is 16.6. The van der Waals surface area contributed by atoms with Gasteiger partial charge in [-0.2, -0.15) is 0 Å². The fourth-order valence-electron chi connectivity index (χ4n) is 3.23. The van der Waals surface area contributed by atoms with Crippen LogP contribution in [0.15, 0.2) is 54.6 Å². The van der Waals surface area contributed by atoms with Crippen LogP contribution in [-0.2, 0) is 25.5 Å². The third kappa shape index (κ3) is 5.40. The molecule has 9 nitrogen and oxygen atoms in total. The van der Waals surface area contributed by atoms with Crippen molar-refractivity contribution < 1.29 is 24.0 Å². The summed E-state index contributed by atoms with van der Waals surface area (Å²) in [7, 11) is 0. The second-order valence-corrected chi connectivity index (χ2v) is 6.91. The van der Waals surface area contributed by atoms with E-state index in [4.69, 9.17) is 4.74 Å². The number of nitro groups is 1. The Kier molecular flexibility index (Phi) is 6.74. The quantitative estimate of drug-likeness (QED) is 0.404. The third-order valence-corrected chi connectivity index (χ3v) is 4.78. The smallest absolute Gasteiger partial charge is 0.311 e. The molecule has 0 aromatic heterocycles. The zero-order valence-corrected chi connectivity index (χ0v) is 16.2. The summed E-state index contributed by atoms with van der Waals surface area (Å²) in [5.74, 6) is -2.09. The fourth-order valence-corrected chi connectivity index (χ4v) is 3.23. The Labute approximate surface area is 172 Å². The molecule has 1 saturated heterocycles. The van der Waals surface area contributed by atoms with Crippen molar-refractivity contribution in [3.8, 4) is 0 Å². The first-order valence-electron chi connectivity index (χ1n) is 9.45. The van der Waals surface area contributed by atoms with Gasteiger partial charge in [0.15, 0.2) is 6.61 Å². The molecule has 0 saturated carbocycles. The molecule has 1 fully saturated rings. The fraction of sp³-hybridized carbons (Fsp3) is 0.286. The van der Waals surface area contributed by atoms with Gasteiger partial charge in [-0.3, -0.25) is 24.5 Å². The van der Waals surface area contributed by atoms with Crippen molar-refractivity contribution in [2.24, 2.45) is 5.92 Å². The van der Waals surface area contributed by atoms with Crippen molar-refractivity contribution in [3.05, 3.63) is 70.3 Å². The predicted molar refractivity (Wildman–Crippen MR) is 108 cm³/mol. The van der Waals surface area contributed by atoms with E-state index >= 15 is 0 Å². The highest BCUT2D eigenvalue weighted by Crippen LogP contribution is 2.23. The van der Waals surface area contributed by atoms with Gasteiger partial charge in [0.25, 0.3) is 11.6 Å². The van der Waals surface area contributed by atoms with Crippen molar-refractivity contribution in [3.63, 3.8) is 0 Å². The second kappa shape index (κ2) is 9.64. The highest BCUT2D eigenvalue weighted by molar-refractivity contribution is 5.95. The van der Waals surface area contributed by atoms with Gasteiger partial charge in [-0.15, -0.1) is 0 Å². The van der Waals surface area contributed by atoms with E-state index in [0.29, 0.717) is 13.0 Å². The first-order chi connectivity index (χ1) is 14.4. The lowest BCUT2D eigenvalue weighted by atomic mass is 10.1. The molecule has 1 aliphatic heterocycles. The molecule has 0 radical (unpaired) electrons. The topological polar surface area (TPSA) is 119 Å². The molecule has 3 rings (SSSR count). The van der Waals surface area contributed by atoms with Crippen molar-refractivity contribution in [1.82, 2.24) is 4.90 Å². The summed E-state index contributed by atoms with van der Waals surface area (Å²) in [6.07, 6.45) is 0.728. The molecular formula is C21H21N3O6. The molecule has 2 aromatic carbocycles. The lowest BCUT2D eigenvalue weighted by Gasteiger charge is -2.16. The zero-order valence-electron chi connectivity index (χ0n) is 16.2. The molecular weight excluding hydrogens is 390 g/mol. The molecule has 0 aliphatic carbocycles. The molecule has 2 amide bonds. The first-order valence-corrected chi connectivity index (χ1v) is 9.45. The number of carbonyl (C=O) groups is 3. The number of hydrogen-bond donors (Lipinski definition) is 1. The minimum absolute atomic E-state index is 0.0201. The number of carbonyl (C=O) groups excluding carboxylic acids is 3. The number of benzene rings is 2. The third-order valence-electron chi connectivity index (χ3n) is 4.78. The highest BCUT2D eigenvalue weighted by Gasteiger charge is 2.35. The number of nitro benzene ring substituents is 1. The van der Waals surface area contributed by atoms with Crippen LogP contribution in [-0.4, -0.2) is 47.3 Å². The summed E-state index contributed by atoms with van der Waals surface area (Å²) in [4.78, 5) is 48.4. The minimum atomic E-state index is -0.692. The van der Waals surface area contributed by atoms with Crippen molar-refractivity contribution in [1.29, 1.82) is 0 Å². The van der Waals surface area contributed by atoms with Crippen LogP contribution in [0, 0.1) is 16.0 Å². The van der Waals surface area contributed by atoms with Crippen LogP contribution in [0.3, 0.4) is 0 Å². The Morgan fingerprint density at radius 2 is 1.83 bits per heavy atom. The largest absolute Gasteiger partial charge is 0.455 e. The molecule has 9 heteroatoms. The maximum atomic E-state index is 12.3. The van der Waals surface area contributed by atoms with Gasteiger partial charge in [0, 0.05) is 25.6 Å². The molecule has 1 heterocycles. The van der Waals surface area contributed by atoms with Crippen molar-refractivity contribution in [2.75, 3.05) is 25.0 Å². The molecule has 30 heavy (non-hydrogen) atoms. The van der Waals surface area contributed by atoms with Crippen LogP contribution >= 0.6 is 0 Å². The lowest BCUT2D eigenvalue weighted by molar-refractivity contribution is -0.383. The number of esters is 1. The molecule has 156 valence electrons. The summed E-state index contributed by atoms with van der Waals surface area (Å²) in [6, 6.07) is 15.4. The second-order valence-electron chi connectivity index (χ2n) is 6.91. The Hall–Kier alpha value is -3.75. The summed E-state index contributed by atoms with van der Waals surface area (Å²) in [5, 5.41) is 13.3. The molecule has 0 spiro atoms. The van der Waals surface area contributed by atoms with Crippen LogP contribution < -0.4 is 5.32 Å². The van der Waals surface area contributed by atoms with Crippen molar-refractivity contribution >= 4 is 29.2 Å². The van der Waals surface area contributed by atoms with Crippen LogP contribution in [0.4, 0.5) is 11.4 Å². The van der Waals surface area contributed by atoms with Gasteiger partial charge in [0.1, 0.15) is 5.69 Å². The number of likely N-dealkylation sites (tertiary alicyclic amines) is 1. The maximum absolute atomic E-state index is 12.3. The number of ether oxygens (including phenoxy) is 1. The number of anilines is 1. The van der Waals surface area contributed by atoms with Crippen molar-refractivity contribution in [2.45, 2.75) is 12.8 Å². The predicted octanol–water partition coefficient (Wildman–Crippen LogP) is 2.17. The standard InChI is InChI=1S/C21H21N3O6/c25-19(22-17-8-4-5-9-18(17)24(28)29)14-30-21(27)16-12-20(26)23(13-16)11-10-15-6-2-1-3-7-15/h1-9,16H,10-14H2,(H,22,25)/t16-/m1/s1. The lowest BCUT2D eigenvalue weighted by Crippen LogP contribution is -2.29. The van der Waals surface area contributed by atoms with E-state index in [2.05, 4.69) is 5.32 Å². The van der Waals surface area contributed by atoms with Crippen LogP contribution in [0.5, 0.6) is 0 Å². The van der Waals surface area contributed by atoms with Gasteiger partial charge in [-0.1, -0.05) is 42.5 Å². The molecule has 1 aliphatic rings. The van der Waals surface area contributed by atoms with Gasteiger partial charge in [0.05, 0.1) is 10.8 Å². The van der Waals surface area contributed by atoms with Crippen LogP contribution in [0.25, 0.3) is 0 Å². The average Bonchev–Trinajstić information content (AvgIpc) is 3.12. The average molecular weight is 411 g/mol. The van der Waals surface area contributed by atoms with Gasteiger partial charge in [-0.05, 0) is 18.1 Å². The van der Waals surface area contributed by atoms with E-state index in [1.54, 1.807) is 11.0 Å². The van der Waals surface area contributed by atoms with Crippen LogP contribution in [0.2, 0.25) is 0 Å². The zero-order chi connectivity index (χ0) is 21.5. The van der Waals surface area contributed by atoms with E-state index in [0.717, 1.165) is 5.56 Å². The molecule has 1 atom stereocenters. The monoisotopic (exact) mass is 411 g/mol. The van der Waals surface area contributed by atoms with E-state index in [1.807, 2.05) is 30.3 Å². The van der Waals surface area contributed by atoms with Crippen LogP contribution in [0.1, 0.15) is 12.0 Å². The molecule has 2 aromatic rings. The van der Waals surface area contributed by atoms with E-state index in [1.165, 1.54) is 18.2 Å². The number of nitrogens with one attached hydrogen (secondary N) is 1. The Bertz CT molecular complexity index is 947. The first kappa shape index (κ1) is 21.0. The number of para-hydroxylation sites is 2. The summed E-state index contributed by atoms with van der Waals surface area (Å²) >= 11 is 0. The SMILES string of the molecule is O=C(COC(=O)[C@@H]1CC(=O)N(CCc2ccccc2)C1)Nc1ccccc1[N+](=O)[O-]. The summed E-state index contributed by atoms with van der Waals surface area (Å²) in [5.41, 5.74) is 0.863. The van der Waals surface area contributed by atoms with E-state index in [-0.39, 0.29) is 30.2 Å². The number of amides is 2. The number of hydrogen-bond acceptors (Lipinski definition) is 6. The maximum Gasteiger partial charge on any atom is 0.311 e. The Balaban J connectivity index is 1.46.